The molecule has 2 aliphatic heterocycles. The quantitative estimate of drug-likeness (QED) is 0.784. The summed E-state index contributed by atoms with van der Waals surface area (Å²) >= 11 is 0. The van der Waals surface area contributed by atoms with Crippen LogP contribution in [0.4, 0.5) is 0 Å². The number of fused-ring (bicyclic) bond motifs is 1. The van der Waals surface area contributed by atoms with E-state index < -0.39 is 29.9 Å². The lowest BCUT2D eigenvalue weighted by atomic mass is 10.0. The molecular weight excluding hydrogens is 276 g/mol. The maximum atomic E-state index is 12.1. The number of nitrogens with zero attached hydrogens (tertiary/aromatic N) is 1. The molecule has 110 valence electrons. The zero-order valence-electron chi connectivity index (χ0n) is 11.2. The van der Waals surface area contributed by atoms with Gasteiger partial charge < -0.3 is 15.3 Å². The molecule has 1 fully saturated rings. The van der Waals surface area contributed by atoms with Crippen LogP contribution in [0.3, 0.4) is 0 Å². The van der Waals surface area contributed by atoms with Gasteiger partial charge in [0.25, 0.3) is 11.8 Å². The molecule has 1 saturated heterocycles. The lowest BCUT2D eigenvalue weighted by Gasteiger charge is -2.27. The molecule has 0 spiro atoms. The first kappa shape index (κ1) is 13.7. The van der Waals surface area contributed by atoms with Gasteiger partial charge in [0.15, 0.2) is 6.10 Å². The minimum absolute atomic E-state index is 0.212. The fraction of sp³-hybridized carbons (Fsp3) is 0.357. The number of nitrogens with two attached hydrogens (primary N) is 1. The minimum Gasteiger partial charge on any atom is -0.365 e. The highest BCUT2D eigenvalue weighted by Gasteiger charge is 2.41. The zero-order chi connectivity index (χ0) is 15.0. The number of imide groups is 1. The number of hydroxylamine groups is 2. The van der Waals surface area contributed by atoms with Gasteiger partial charge in [-0.25, -0.2) is 4.79 Å². The van der Waals surface area contributed by atoms with E-state index in [0.29, 0.717) is 18.1 Å². The van der Waals surface area contributed by atoms with E-state index in [9.17, 15) is 14.4 Å². The average Bonchev–Trinajstić information content (AvgIpc) is 2.73. The van der Waals surface area contributed by atoms with E-state index in [1.54, 1.807) is 12.1 Å². The second-order valence-corrected chi connectivity index (χ2v) is 4.96. The van der Waals surface area contributed by atoms with Crippen LogP contribution in [0.15, 0.2) is 24.3 Å². The van der Waals surface area contributed by atoms with Crippen molar-refractivity contribution in [3.8, 4) is 0 Å². The summed E-state index contributed by atoms with van der Waals surface area (Å²) in [4.78, 5) is 41.1. The number of benzene rings is 1. The Hall–Kier alpha value is -2.25. The van der Waals surface area contributed by atoms with E-state index in [2.05, 4.69) is 0 Å². The first-order chi connectivity index (χ1) is 10.1. The minimum atomic E-state index is -0.955. The van der Waals surface area contributed by atoms with Crippen molar-refractivity contribution in [2.75, 3.05) is 6.61 Å². The molecule has 0 radical (unpaired) electrons. The van der Waals surface area contributed by atoms with E-state index in [0.717, 1.165) is 6.42 Å². The third-order valence-corrected chi connectivity index (χ3v) is 3.54. The van der Waals surface area contributed by atoms with Gasteiger partial charge in [0.1, 0.15) is 0 Å². The van der Waals surface area contributed by atoms with Gasteiger partial charge in [0.2, 0.25) is 0 Å². The molecule has 21 heavy (non-hydrogen) atoms. The molecule has 0 aliphatic carbocycles. The number of carbonyl (C=O) groups is 3. The molecule has 7 heteroatoms. The SMILES string of the molecule is N[C@H]1CCCO[C@H]1C(=O)ON1C(=O)c2ccccc2C1=O. The Bertz CT molecular complexity index is 580. The first-order valence-electron chi connectivity index (χ1n) is 6.66. The van der Waals surface area contributed by atoms with Crippen molar-refractivity contribution in [3.63, 3.8) is 0 Å². The van der Waals surface area contributed by atoms with Crippen molar-refractivity contribution >= 4 is 17.8 Å². The number of hydrogen-bond donors (Lipinski definition) is 1. The van der Waals surface area contributed by atoms with Gasteiger partial charge >= 0.3 is 5.97 Å². The van der Waals surface area contributed by atoms with Crippen LogP contribution in [0.1, 0.15) is 33.6 Å². The summed E-state index contributed by atoms with van der Waals surface area (Å²) < 4.78 is 5.26. The predicted molar refractivity (Wildman–Crippen MR) is 70.0 cm³/mol. The maximum absolute atomic E-state index is 12.1. The van der Waals surface area contributed by atoms with E-state index >= 15 is 0 Å². The van der Waals surface area contributed by atoms with Crippen LogP contribution in [0.2, 0.25) is 0 Å². The van der Waals surface area contributed by atoms with Crippen molar-refractivity contribution < 1.29 is 24.0 Å². The number of amides is 2. The van der Waals surface area contributed by atoms with Crippen molar-refractivity contribution in [1.29, 1.82) is 0 Å². The molecule has 2 N–H and O–H groups in total. The van der Waals surface area contributed by atoms with Gasteiger partial charge in [-0.15, -0.1) is 0 Å². The molecule has 2 heterocycles. The fourth-order valence-corrected chi connectivity index (χ4v) is 2.44. The second-order valence-electron chi connectivity index (χ2n) is 4.96. The van der Waals surface area contributed by atoms with E-state index in [4.69, 9.17) is 15.3 Å². The predicted octanol–water partition coefficient (Wildman–Crippen LogP) is 0.247. The van der Waals surface area contributed by atoms with Crippen LogP contribution in [-0.2, 0) is 14.4 Å². The number of ether oxygens (including phenoxy) is 1. The number of rotatable bonds is 2. The normalized spacial score (nSPS) is 24.9. The summed E-state index contributed by atoms with van der Waals surface area (Å²) in [7, 11) is 0. The van der Waals surface area contributed by atoms with Crippen LogP contribution in [0.25, 0.3) is 0 Å². The molecule has 1 aromatic rings. The summed E-state index contributed by atoms with van der Waals surface area (Å²) in [5, 5.41) is 0.470. The highest BCUT2D eigenvalue weighted by atomic mass is 16.7. The van der Waals surface area contributed by atoms with Gasteiger partial charge in [-0.1, -0.05) is 17.2 Å². The van der Waals surface area contributed by atoms with Crippen molar-refractivity contribution in [3.05, 3.63) is 35.4 Å². The highest BCUT2D eigenvalue weighted by Crippen LogP contribution is 2.23. The molecule has 0 bridgehead atoms. The largest absolute Gasteiger partial charge is 0.365 e. The molecule has 2 amide bonds. The monoisotopic (exact) mass is 290 g/mol. The van der Waals surface area contributed by atoms with Crippen LogP contribution in [-0.4, -0.2) is 41.6 Å². The summed E-state index contributed by atoms with van der Waals surface area (Å²) in [6, 6.07) is 5.78. The lowest BCUT2D eigenvalue weighted by Crippen LogP contribution is -2.49. The van der Waals surface area contributed by atoms with E-state index in [1.165, 1.54) is 12.1 Å². The van der Waals surface area contributed by atoms with Gasteiger partial charge in [-0.2, -0.15) is 0 Å². The van der Waals surface area contributed by atoms with E-state index in [-0.39, 0.29) is 11.1 Å². The Morgan fingerprint density at radius 2 is 1.86 bits per heavy atom. The summed E-state index contributed by atoms with van der Waals surface area (Å²) in [6.07, 6.45) is 0.433. The van der Waals surface area contributed by atoms with Gasteiger partial charge in [-0.3, -0.25) is 9.59 Å². The van der Waals surface area contributed by atoms with Gasteiger partial charge in [-0.05, 0) is 25.0 Å². The third kappa shape index (κ3) is 2.30. The molecule has 0 unspecified atom stereocenters. The van der Waals surface area contributed by atoms with Crippen LogP contribution in [0, 0.1) is 0 Å². The molecule has 7 nitrogen and oxygen atoms in total. The Kier molecular flexibility index (Phi) is 3.44. The van der Waals surface area contributed by atoms with Crippen molar-refractivity contribution in [1.82, 2.24) is 5.06 Å². The Balaban J connectivity index is 1.76. The number of carbonyl (C=O) groups excluding carboxylic acids is 3. The molecule has 0 aromatic heterocycles. The fourth-order valence-electron chi connectivity index (χ4n) is 2.44. The summed E-state index contributed by atoms with van der Waals surface area (Å²) in [6.45, 7) is 0.398. The number of hydrogen-bond acceptors (Lipinski definition) is 6. The van der Waals surface area contributed by atoms with Crippen LogP contribution < -0.4 is 5.73 Å². The standard InChI is InChI=1S/C14H14N2O5/c15-10-6-3-7-20-11(10)14(19)21-16-12(17)8-4-1-2-5-9(8)13(16)18/h1-2,4-5,10-11H,3,6-7,15H2/t10-,11+/m0/s1. The molecule has 2 aliphatic rings. The molecule has 0 saturated carbocycles. The van der Waals surface area contributed by atoms with Crippen LogP contribution >= 0.6 is 0 Å². The van der Waals surface area contributed by atoms with Gasteiger partial charge in [0.05, 0.1) is 11.1 Å². The summed E-state index contributed by atoms with van der Waals surface area (Å²) in [5.41, 5.74) is 6.22. The molecule has 3 rings (SSSR count). The van der Waals surface area contributed by atoms with E-state index in [1.807, 2.05) is 0 Å². The Labute approximate surface area is 120 Å². The molecule has 2 atom stereocenters. The molecular formula is C14H14N2O5. The smallest absolute Gasteiger partial charge is 0.363 e. The topological polar surface area (TPSA) is 98.9 Å². The molecule has 1 aromatic carbocycles. The second kappa shape index (κ2) is 5.27. The Morgan fingerprint density at radius 1 is 1.24 bits per heavy atom. The highest BCUT2D eigenvalue weighted by molar-refractivity contribution is 6.20. The zero-order valence-corrected chi connectivity index (χ0v) is 11.2. The van der Waals surface area contributed by atoms with Crippen LogP contribution in [0.5, 0.6) is 0 Å². The van der Waals surface area contributed by atoms with Crippen molar-refractivity contribution in [2.45, 2.75) is 25.0 Å². The van der Waals surface area contributed by atoms with Crippen molar-refractivity contribution in [2.24, 2.45) is 5.73 Å². The third-order valence-electron chi connectivity index (χ3n) is 3.54. The average molecular weight is 290 g/mol. The summed E-state index contributed by atoms with van der Waals surface area (Å²) in [5.74, 6) is -2.14. The first-order valence-corrected chi connectivity index (χ1v) is 6.66. The lowest BCUT2D eigenvalue weighted by molar-refractivity contribution is -0.185. The Morgan fingerprint density at radius 3 is 2.43 bits per heavy atom. The van der Waals surface area contributed by atoms with Gasteiger partial charge in [0, 0.05) is 12.6 Å². The maximum Gasteiger partial charge on any atom is 0.363 e.